The number of benzene rings is 3. The summed E-state index contributed by atoms with van der Waals surface area (Å²) in [5, 5.41) is 16.9. The zero-order valence-electron chi connectivity index (χ0n) is 19.4. The summed E-state index contributed by atoms with van der Waals surface area (Å²) < 4.78 is 32.5. The molecule has 0 saturated heterocycles. The van der Waals surface area contributed by atoms with Crippen molar-refractivity contribution in [1.29, 1.82) is 0 Å². The Bertz CT molecular complexity index is 1070. The maximum atomic E-state index is 13.7. The van der Waals surface area contributed by atoms with Gasteiger partial charge in [0.05, 0.1) is 19.3 Å². The van der Waals surface area contributed by atoms with E-state index in [9.17, 15) is 18.7 Å². The minimum atomic E-state index is -0.997. The first-order valence-electron chi connectivity index (χ1n) is 11.2. The summed E-state index contributed by atoms with van der Waals surface area (Å²) in [5.74, 6) is -1.21. The number of aliphatic hydroxyl groups is 1. The lowest BCUT2D eigenvalue weighted by molar-refractivity contribution is 0.0830. The number of amides is 1. The van der Waals surface area contributed by atoms with Crippen LogP contribution in [0.2, 0.25) is 0 Å². The average Bonchev–Trinajstić information content (AvgIpc) is 2.83. The van der Waals surface area contributed by atoms with E-state index in [2.05, 4.69) is 29.7 Å². The smallest absolute Gasteiger partial charge is 0.251 e. The molecular weight excluding hydrogens is 438 g/mol. The molecular formula is C27H30F2N2O3. The number of methoxy groups -OCH3 is 1. The Balaban J connectivity index is 1.70. The highest BCUT2D eigenvalue weighted by molar-refractivity contribution is 5.94. The van der Waals surface area contributed by atoms with Crippen LogP contribution in [0, 0.1) is 11.6 Å². The highest BCUT2D eigenvalue weighted by atomic mass is 19.1. The quantitative estimate of drug-likeness (QED) is 0.398. The number of aliphatic hydroxyl groups excluding tert-OH is 1. The number of carbonyl (C=O) groups excluding carboxylic acids is 1. The van der Waals surface area contributed by atoms with Gasteiger partial charge in [-0.3, -0.25) is 4.79 Å². The molecule has 0 aliphatic heterocycles. The monoisotopic (exact) mass is 468 g/mol. The van der Waals surface area contributed by atoms with Crippen LogP contribution in [0.1, 0.15) is 34.0 Å². The molecule has 3 aromatic rings. The van der Waals surface area contributed by atoms with Crippen molar-refractivity contribution in [2.45, 2.75) is 38.5 Å². The Labute approximate surface area is 198 Å². The number of halogens is 2. The van der Waals surface area contributed by atoms with E-state index < -0.39 is 29.7 Å². The predicted molar refractivity (Wildman–Crippen MR) is 128 cm³/mol. The van der Waals surface area contributed by atoms with Gasteiger partial charge in [-0.25, -0.2) is 8.78 Å². The second-order valence-corrected chi connectivity index (χ2v) is 8.16. The van der Waals surface area contributed by atoms with E-state index in [4.69, 9.17) is 4.74 Å². The fourth-order valence-corrected chi connectivity index (χ4v) is 3.73. The Hall–Kier alpha value is -3.29. The van der Waals surface area contributed by atoms with E-state index in [1.54, 1.807) is 24.3 Å². The standard InChI is InChI=1S/C27H30F2N2O3/c1-3-18-5-4-6-19(11-18)16-30-17-26(32)25(14-20-12-22(28)15-23(29)13-20)31-27(33)21-7-9-24(34-2)10-8-21/h4-13,15,25-26,30,32H,3,14,16-17H2,1-2H3,(H,31,33)/t25?,26-/m0/s1. The molecule has 0 aliphatic carbocycles. The minimum Gasteiger partial charge on any atom is -0.497 e. The van der Waals surface area contributed by atoms with Crippen LogP contribution < -0.4 is 15.4 Å². The Morgan fingerprint density at radius 3 is 2.29 bits per heavy atom. The van der Waals surface area contributed by atoms with E-state index in [0.29, 0.717) is 23.4 Å². The van der Waals surface area contributed by atoms with Crippen LogP contribution in [0.4, 0.5) is 8.78 Å². The number of rotatable bonds is 11. The van der Waals surface area contributed by atoms with E-state index in [1.165, 1.54) is 24.8 Å². The highest BCUT2D eigenvalue weighted by Crippen LogP contribution is 2.15. The molecule has 3 rings (SSSR count). The van der Waals surface area contributed by atoms with Crippen LogP contribution in [0.5, 0.6) is 5.75 Å². The fraction of sp³-hybridized carbons (Fsp3) is 0.296. The summed E-state index contributed by atoms with van der Waals surface area (Å²) in [7, 11) is 1.53. The molecule has 3 aromatic carbocycles. The van der Waals surface area contributed by atoms with Gasteiger partial charge in [-0.2, -0.15) is 0 Å². The van der Waals surface area contributed by atoms with E-state index in [1.807, 2.05) is 12.1 Å². The van der Waals surface area contributed by atoms with E-state index >= 15 is 0 Å². The first-order chi connectivity index (χ1) is 16.4. The Morgan fingerprint density at radius 1 is 0.971 bits per heavy atom. The van der Waals surface area contributed by atoms with Gasteiger partial charge in [0.25, 0.3) is 5.91 Å². The van der Waals surface area contributed by atoms with Crippen molar-refractivity contribution in [2.24, 2.45) is 0 Å². The van der Waals surface area contributed by atoms with Crippen molar-refractivity contribution >= 4 is 5.91 Å². The van der Waals surface area contributed by atoms with Crippen molar-refractivity contribution < 1.29 is 23.4 Å². The number of hydrogen-bond acceptors (Lipinski definition) is 4. The van der Waals surface area contributed by atoms with Crippen LogP contribution >= 0.6 is 0 Å². The lowest BCUT2D eigenvalue weighted by Crippen LogP contribution is -2.48. The molecule has 180 valence electrons. The largest absolute Gasteiger partial charge is 0.497 e. The van der Waals surface area contributed by atoms with Gasteiger partial charge in [-0.05, 0) is 65.9 Å². The van der Waals surface area contributed by atoms with Gasteiger partial charge < -0.3 is 20.5 Å². The zero-order chi connectivity index (χ0) is 24.5. The lowest BCUT2D eigenvalue weighted by atomic mass is 10.00. The van der Waals surface area contributed by atoms with Gasteiger partial charge in [0.15, 0.2) is 0 Å². The molecule has 0 bridgehead atoms. The number of aryl methyl sites for hydroxylation is 1. The average molecular weight is 469 g/mol. The second-order valence-electron chi connectivity index (χ2n) is 8.16. The first kappa shape index (κ1) is 25.3. The summed E-state index contributed by atoms with van der Waals surface area (Å²) in [6.07, 6.45) is -0.00639. The van der Waals surface area contributed by atoms with Crippen LogP contribution in [-0.4, -0.2) is 36.8 Å². The molecule has 0 spiro atoms. The number of hydrogen-bond donors (Lipinski definition) is 3. The van der Waals surface area contributed by atoms with Crippen LogP contribution in [0.3, 0.4) is 0 Å². The van der Waals surface area contributed by atoms with Gasteiger partial charge in [0, 0.05) is 24.7 Å². The zero-order valence-corrected chi connectivity index (χ0v) is 19.4. The van der Waals surface area contributed by atoms with E-state index in [-0.39, 0.29) is 13.0 Å². The summed E-state index contributed by atoms with van der Waals surface area (Å²) in [5.41, 5.74) is 3.02. The van der Waals surface area contributed by atoms with Gasteiger partial charge in [-0.15, -0.1) is 0 Å². The second kappa shape index (κ2) is 12.3. The van der Waals surface area contributed by atoms with Crippen molar-refractivity contribution in [2.75, 3.05) is 13.7 Å². The first-order valence-corrected chi connectivity index (χ1v) is 11.2. The fourth-order valence-electron chi connectivity index (χ4n) is 3.73. The molecule has 7 heteroatoms. The SMILES string of the molecule is CCc1cccc(CNC[C@H](O)C(Cc2cc(F)cc(F)c2)NC(=O)c2ccc(OC)cc2)c1. The van der Waals surface area contributed by atoms with Gasteiger partial charge >= 0.3 is 0 Å². The highest BCUT2D eigenvalue weighted by Gasteiger charge is 2.23. The number of nitrogens with one attached hydrogen (secondary N) is 2. The maximum absolute atomic E-state index is 13.7. The third-order valence-electron chi connectivity index (χ3n) is 5.59. The lowest BCUT2D eigenvalue weighted by Gasteiger charge is -2.25. The van der Waals surface area contributed by atoms with Gasteiger partial charge in [-0.1, -0.05) is 31.2 Å². The maximum Gasteiger partial charge on any atom is 0.251 e. The molecule has 0 fully saturated rings. The molecule has 0 aliphatic rings. The summed E-state index contributed by atoms with van der Waals surface area (Å²) >= 11 is 0. The van der Waals surface area contributed by atoms with Crippen molar-refractivity contribution in [3.8, 4) is 5.75 Å². The summed E-state index contributed by atoms with van der Waals surface area (Å²) in [4.78, 5) is 12.8. The van der Waals surface area contributed by atoms with Gasteiger partial charge in [0.2, 0.25) is 0 Å². The molecule has 2 atom stereocenters. The van der Waals surface area contributed by atoms with Crippen LogP contribution in [0.25, 0.3) is 0 Å². The van der Waals surface area contributed by atoms with Crippen molar-refractivity contribution in [1.82, 2.24) is 10.6 Å². The molecule has 0 heterocycles. The topological polar surface area (TPSA) is 70.6 Å². The molecule has 34 heavy (non-hydrogen) atoms. The predicted octanol–water partition coefficient (Wildman–Crippen LogP) is 4.03. The third kappa shape index (κ3) is 7.37. The molecule has 3 N–H and O–H groups in total. The Morgan fingerprint density at radius 2 is 1.65 bits per heavy atom. The summed E-state index contributed by atoms with van der Waals surface area (Å²) in [6.45, 7) is 2.81. The van der Waals surface area contributed by atoms with E-state index in [0.717, 1.165) is 18.1 Å². The molecule has 5 nitrogen and oxygen atoms in total. The van der Waals surface area contributed by atoms with Crippen LogP contribution in [-0.2, 0) is 19.4 Å². The Kier molecular flexibility index (Phi) is 9.13. The molecule has 1 unspecified atom stereocenters. The minimum absolute atomic E-state index is 0.0603. The molecule has 0 saturated carbocycles. The third-order valence-corrected chi connectivity index (χ3v) is 5.59. The molecule has 0 aromatic heterocycles. The molecule has 0 radical (unpaired) electrons. The van der Waals surface area contributed by atoms with Crippen LogP contribution in [0.15, 0.2) is 66.7 Å². The molecule has 1 amide bonds. The van der Waals surface area contributed by atoms with Crippen molar-refractivity contribution in [3.05, 3.63) is 101 Å². The van der Waals surface area contributed by atoms with Gasteiger partial charge in [0.1, 0.15) is 17.4 Å². The van der Waals surface area contributed by atoms with Crippen molar-refractivity contribution in [3.63, 3.8) is 0 Å². The number of ether oxygens (including phenoxy) is 1. The normalized spacial score (nSPS) is 12.7. The number of carbonyl (C=O) groups is 1. The summed E-state index contributed by atoms with van der Waals surface area (Å²) in [6, 6.07) is 17.1.